The fourth-order valence-corrected chi connectivity index (χ4v) is 0.761. The number of aldehydes is 1. The average molecular weight is 167 g/mol. The van der Waals surface area contributed by atoms with Gasteiger partial charge in [0.2, 0.25) is 0 Å². The number of ketones is 1. The smallest absolute Gasteiger partial charge is 0.191 e. The Morgan fingerprint density at radius 2 is 2.50 bits per heavy atom. The third-order valence-electron chi connectivity index (χ3n) is 1.42. The molecular formula is C7H9N3O2. The fraction of sp³-hybridized carbons (Fsp3) is 0.429. The van der Waals surface area contributed by atoms with Gasteiger partial charge in [-0.25, -0.2) is 0 Å². The Hall–Kier alpha value is -1.52. The van der Waals surface area contributed by atoms with E-state index in [-0.39, 0.29) is 17.9 Å². The molecule has 0 aliphatic rings. The molecule has 0 radical (unpaired) electrons. The first-order valence-electron chi connectivity index (χ1n) is 3.65. The molecule has 0 amide bonds. The topological polar surface area (TPSA) is 64.8 Å². The van der Waals surface area contributed by atoms with E-state index >= 15 is 0 Å². The van der Waals surface area contributed by atoms with Crippen molar-refractivity contribution in [3.05, 3.63) is 11.9 Å². The Morgan fingerprint density at radius 1 is 1.75 bits per heavy atom. The predicted octanol–water partition coefficient (Wildman–Crippen LogP) is 0.0697. The number of hydrogen-bond donors (Lipinski definition) is 0. The van der Waals surface area contributed by atoms with E-state index in [1.807, 2.05) is 6.92 Å². The van der Waals surface area contributed by atoms with Crippen molar-refractivity contribution in [1.29, 1.82) is 0 Å². The molecule has 0 atom stereocenters. The highest BCUT2D eigenvalue weighted by Gasteiger charge is 2.08. The van der Waals surface area contributed by atoms with Crippen LogP contribution >= 0.6 is 0 Å². The van der Waals surface area contributed by atoms with Crippen LogP contribution in [0.15, 0.2) is 6.20 Å². The molecule has 0 unspecified atom stereocenters. The van der Waals surface area contributed by atoms with E-state index in [0.29, 0.717) is 12.8 Å². The zero-order valence-corrected chi connectivity index (χ0v) is 6.73. The molecule has 1 aromatic rings. The summed E-state index contributed by atoms with van der Waals surface area (Å²) in [4.78, 5) is 21.0. The van der Waals surface area contributed by atoms with Gasteiger partial charge >= 0.3 is 0 Å². The van der Waals surface area contributed by atoms with Crippen molar-refractivity contribution in [1.82, 2.24) is 15.0 Å². The van der Waals surface area contributed by atoms with Gasteiger partial charge in [0, 0.05) is 6.54 Å². The average Bonchev–Trinajstić information content (AvgIpc) is 2.52. The number of carbonyl (C=O) groups excluding carboxylic acids is 2. The summed E-state index contributed by atoms with van der Waals surface area (Å²) in [7, 11) is 0. The second-order valence-corrected chi connectivity index (χ2v) is 2.25. The summed E-state index contributed by atoms with van der Waals surface area (Å²) in [5.74, 6) is -0.287. The largest absolute Gasteiger partial charge is 0.303 e. The highest BCUT2D eigenvalue weighted by molar-refractivity contribution is 6.00. The third kappa shape index (κ3) is 1.75. The molecule has 64 valence electrons. The van der Waals surface area contributed by atoms with Crippen LogP contribution in [0.5, 0.6) is 0 Å². The molecule has 0 aliphatic heterocycles. The van der Waals surface area contributed by atoms with Crippen LogP contribution in [0.2, 0.25) is 0 Å². The monoisotopic (exact) mass is 167 g/mol. The molecule has 0 aliphatic carbocycles. The summed E-state index contributed by atoms with van der Waals surface area (Å²) >= 11 is 0. The van der Waals surface area contributed by atoms with E-state index in [0.717, 1.165) is 0 Å². The lowest BCUT2D eigenvalue weighted by atomic mass is 10.2. The fourth-order valence-electron chi connectivity index (χ4n) is 0.761. The Labute approximate surface area is 69.4 Å². The Kier molecular flexibility index (Phi) is 2.68. The van der Waals surface area contributed by atoms with E-state index < -0.39 is 0 Å². The second-order valence-electron chi connectivity index (χ2n) is 2.25. The molecule has 0 aromatic carbocycles. The van der Waals surface area contributed by atoms with E-state index in [2.05, 4.69) is 10.3 Å². The SMILES string of the molecule is CCn1cc(C(=O)CC=O)nn1. The quantitative estimate of drug-likeness (QED) is 0.361. The molecule has 0 N–H and O–H groups in total. The number of aryl methyl sites for hydroxylation is 1. The van der Waals surface area contributed by atoms with Gasteiger partial charge in [-0.05, 0) is 6.92 Å². The summed E-state index contributed by atoms with van der Waals surface area (Å²) in [6, 6.07) is 0. The maximum atomic E-state index is 11.0. The number of hydrogen-bond acceptors (Lipinski definition) is 4. The summed E-state index contributed by atoms with van der Waals surface area (Å²) in [5, 5.41) is 7.28. The summed E-state index contributed by atoms with van der Waals surface area (Å²) in [6.45, 7) is 2.56. The van der Waals surface area contributed by atoms with E-state index in [1.54, 1.807) is 0 Å². The number of carbonyl (C=O) groups is 2. The molecule has 0 fully saturated rings. The minimum Gasteiger partial charge on any atom is -0.303 e. The number of rotatable bonds is 4. The lowest BCUT2D eigenvalue weighted by molar-refractivity contribution is -0.107. The lowest BCUT2D eigenvalue weighted by Crippen LogP contribution is -1.99. The number of nitrogens with zero attached hydrogens (tertiary/aromatic N) is 3. The summed E-state index contributed by atoms with van der Waals surface area (Å²) < 4.78 is 1.54. The number of aromatic nitrogens is 3. The first-order chi connectivity index (χ1) is 5.77. The van der Waals surface area contributed by atoms with Gasteiger partial charge in [-0.3, -0.25) is 9.48 Å². The molecule has 1 aromatic heterocycles. The van der Waals surface area contributed by atoms with Crippen LogP contribution in [0.1, 0.15) is 23.8 Å². The van der Waals surface area contributed by atoms with Crippen LogP contribution in [0.25, 0.3) is 0 Å². The molecule has 1 rings (SSSR count). The molecule has 5 heteroatoms. The standard InChI is InChI=1S/C7H9N3O2/c1-2-10-5-6(8-9-10)7(12)3-4-11/h4-5H,2-3H2,1H3. The van der Waals surface area contributed by atoms with Crippen molar-refractivity contribution < 1.29 is 9.59 Å². The van der Waals surface area contributed by atoms with Crippen molar-refractivity contribution in [2.45, 2.75) is 19.9 Å². The van der Waals surface area contributed by atoms with Gasteiger partial charge in [0.1, 0.15) is 12.0 Å². The van der Waals surface area contributed by atoms with Crippen molar-refractivity contribution >= 4 is 12.1 Å². The van der Waals surface area contributed by atoms with Crippen LogP contribution < -0.4 is 0 Å². The second kappa shape index (κ2) is 3.75. The lowest BCUT2D eigenvalue weighted by Gasteiger charge is -1.87. The highest BCUT2D eigenvalue weighted by atomic mass is 16.1. The van der Waals surface area contributed by atoms with Crippen LogP contribution in [0.4, 0.5) is 0 Å². The Bertz CT molecular complexity index is 293. The van der Waals surface area contributed by atoms with Crippen LogP contribution in [-0.4, -0.2) is 27.1 Å². The van der Waals surface area contributed by atoms with E-state index in [4.69, 9.17) is 0 Å². The Morgan fingerprint density at radius 3 is 3.00 bits per heavy atom. The van der Waals surface area contributed by atoms with Gasteiger partial charge in [0.25, 0.3) is 0 Å². The molecule has 0 saturated carbocycles. The molecule has 0 saturated heterocycles. The van der Waals surface area contributed by atoms with Gasteiger partial charge in [0.05, 0.1) is 12.6 Å². The van der Waals surface area contributed by atoms with Gasteiger partial charge in [-0.1, -0.05) is 5.21 Å². The van der Waals surface area contributed by atoms with Crippen molar-refractivity contribution in [2.75, 3.05) is 0 Å². The van der Waals surface area contributed by atoms with Gasteiger partial charge in [-0.2, -0.15) is 0 Å². The molecular weight excluding hydrogens is 158 g/mol. The maximum absolute atomic E-state index is 11.0. The van der Waals surface area contributed by atoms with Crippen LogP contribution in [0.3, 0.4) is 0 Å². The molecule has 0 spiro atoms. The predicted molar refractivity (Wildman–Crippen MR) is 40.7 cm³/mol. The first kappa shape index (κ1) is 8.58. The van der Waals surface area contributed by atoms with E-state index in [9.17, 15) is 9.59 Å². The minimum atomic E-state index is -0.287. The zero-order chi connectivity index (χ0) is 8.97. The summed E-state index contributed by atoms with van der Waals surface area (Å²) in [6.07, 6.45) is 1.97. The van der Waals surface area contributed by atoms with Gasteiger partial charge in [-0.15, -0.1) is 5.10 Å². The third-order valence-corrected chi connectivity index (χ3v) is 1.42. The Balaban J connectivity index is 2.74. The van der Waals surface area contributed by atoms with Crippen LogP contribution in [-0.2, 0) is 11.3 Å². The van der Waals surface area contributed by atoms with Gasteiger partial charge < -0.3 is 4.79 Å². The van der Waals surface area contributed by atoms with E-state index in [1.165, 1.54) is 10.9 Å². The molecule has 0 bridgehead atoms. The van der Waals surface area contributed by atoms with Crippen LogP contribution in [0, 0.1) is 0 Å². The van der Waals surface area contributed by atoms with Crippen molar-refractivity contribution in [3.8, 4) is 0 Å². The number of Topliss-reactive ketones (excluding diaryl/α,β-unsaturated/α-hetero) is 1. The van der Waals surface area contributed by atoms with Crippen molar-refractivity contribution in [3.63, 3.8) is 0 Å². The molecule has 1 heterocycles. The van der Waals surface area contributed by atoms with Gasteiger partial charge in [0.15, 0.2) is 5.78 Å². The zero-order valence-electron chi connectivity index (χ0n) is 6.73. The van der Waals surface area contributed by atoms with Crippen molar-refractivity contribution in [2.24, 2.45) is 0 Å². The molecule has 5 nitrogen and oxygen atoms in total. The highest BCUT2D eigenvalue weighted by Crippen LogP contribution is 1.96. The maximum Gasteiger partial charge on any atom is 0.191 e. The summed E-state index contributed by atoms with van der Waals surface area (Å²) in [5.41, 5.74) is 0.254. The first-order valence-corrected chi connectivity index (χ1v) is 3.65. The molecule has 12 heavy (non-hydrogen) atoms. The normalized spacial score (nSPS) is 9.75. The minimum absolute atomic E-state index is 0.123.